The van der Waals surface area contributed by atoms with Crippen molar-refractivity contribution >= 4 is 11.6 Å². The Morgan fingerprint density at radius 3 is 3.11 bits per heavy atom. The maximum absolute atomic E-state index is 11.9. The molecule has 0 bridgehead atoms. The predicted octanol–water partition coefficient (Wildman–Crippen LogP) is 1.86. The van der Waals surface area contributed by atoms with Crippen LogP contribution in [0.15, 0.2) is 24.3 Å². The summed E-state index contributed by atoms with van der Waals surface area (Å²) < 4.78 is 0. The largest absolute Gasteiger partial charge is 0.359 e. The van der Waals surface area contributed by atoms with Crippen LogP contribution in [0, 0.1) is 11.3 Å². The van der Waals surface area contributed by atoms with E-state index in [2.05, 4.69) is 29.3 Å². The summed E-state index contributed by atoms with van der Waals surface area (Å²) in [7, 11) is 0. The Morgan fingerprint density at radius 1 is 1.53 bits per heavy atom. The Bertz CT molecular complexity index is 492. The van der Waals surface area contributed by atoms with E-state index < -0.39 is 0 Å². The molecule has 19 heavy (non-hydrogen) atoms. The van der Waals surface area contributed by atoms with Crippen LogP contribution in [0.3, 0.4) is 0 Å². The molecule has 1 aliphatic heterocycles. The van der Waals surface area contributed by atoms with Crippen LogP contribution in [0.4, 0.5) is 5.69 Å². The second kappa shape index (κ2) is 6.24. The number of anilines is 1. The van der Waals surface area contributed by atoms with E-state index in [4.69, 9.17) is 5.26 Å². The number of hydrogen-bond acceptors (Lipinski definition) is 3. The van der Waals surface area contributed by atoms with Gasteiger partial charge in [0, 0.05) is 18.3 Å². The topological polar surface area (TPSA) is 56.1 Å². The number of benzene rings is 1. The zero-order chi connectivity index (χ0) is 13.7. The van der Waals surface area contributed by atoms with Gasteiger partial charge in [-0.2, -0.15) is 5.26 Å². The molecule has 0 radical (unpaired) electrons. The van der Waals surface area contributed by atoms with Crippen molar-refractivity contribution in [2.24, 2.45) is 0 Å². The molecule has 1 amide bonds. The fourth-order valence-corrected chi connectivity index (χ4v) is 2.47. The Morgan fingerprint density at radius 2 is 2.32 bits per heavy atom. The number of nitrogens with zero attached hydrogens (tertiary/aromatic N) is 2. The number of amides is 1. The summed E-state index contributed by atoms with van der Waals surface area (Å²) in [5, 5.41) is 11.2. The quantitative estimate of drug-likeness (QED) is 0.838. The second-order valence-electron chi connectivity index (χ2n) is 4.90. The van der Waals surface area contributed by atoms with Gasteiger partial charge in [-0.25, -0.2) is 0 Å². The Labute approximate surface area is 114 Å². The van der Waals surface area contributed by atoms with Gasteiger partial charge >= 0.3 is 0 Å². The number of fused-ring (bicyclic) bond motifs is 1. The van der Waals surface area contributed by atoms with Gasteiger partial charge in [-0.05, 0) is 31.4 Å². The fourth-order valence-electron chi connectivity index (χ4n) is 2.47. The summed E-state index contributed by atoms with van der Waals surface area (Å²) in [4.78, 5) is 14.0. The molecule has 0 fully saturated rings. The molecule has 1 atom stereocenters. The molecule has 1 aromatic rings. The van der Waals surface area contributed by atoms with Crippen LogP contribution in [-0.2, 0) is 11.2 Å². The molecule has 4 heteroatoms. The number of nitriles is 1. The molecule has 2 rings (SSSR count). The van der Waals surface area contributed by atoms with Crippen molar-refractivity contribution in [1.29, 1.82) is 5.26 Å². The van der Waals surface area contributed by atoms with Crippen molar-refractivity contribution in [3.05, 3.63) is 29.8 Å². The molecular weight excluding hydrogens is 238 g/mol. The van der Waals surface area contributed by atoms with E-state index in [0.717, 1.165) is 18.5 Å². The Kier molecular flexibility index (Phi) is 4.40. The van der Waals surface area contributed by atoms with E-state index >= 15 is 0 Å². The van der Waals surface area contributed by atoms with E-state index in [0.29, 0.717) is 25.6 Å². The van der Waals surface area contributed by atoms with Crippen molar-refractivity contribution in [3.8, 4) is 6.07 Å². The Hall–Kier alpha value is -2.02. The van der Waals surface area contributed by atoms with Gasteiger partial charge in [-0.15, -0.1) is 0 Å². The third kappa shape index (κ3) is 3.25. The average Bonchev–Trinajstić information content (AvgIpc) is 2.42. The van der Waals surface area contributed by atoms with Gasteiger partial charge in [-0.3, -0.25) is 4.79 Å². The highest BCUT2D eigenvalue weighted by Crippen LogP contribution is 2.29. The first kappa shape index (κ1) is 13.4. The third-order valence-corrected chi connectivity index (χ3v) is 3.54. The number of para-hydroxylation sites is 1. The van der Waals surface area contributed by atoms with Gasteiger partial charge in [0.25, 0.3) is 0 Å². The number of nitrogens with one attached hydrogen (secondary N) is 1. The lowest BCUT2D eigenvalue weighted by Crippen LogP contribution is -2.44. The zero-order valence-corrected chi connectivity index (χ0v) is 11.2. The van der Waals surface area contributed by atoms with E-state index in [-0.39, 0.29) is 5.91 Å². The maximum atomic E-state index is 11.9. The molecule has 100 valence electrons. The lowest BCUT2D eigenvalue weighted by molar-refractivity contribution is -0.119. The molecule has 1 aliphatic rings. The second-order valence-corrected chi connectivity index (χ2v) is 4.90. The van der Waals surface area contributed by atoms with Crippen LogP contribution in [-0.4, -0.2) is 25.0 Å². The minimum Gasteiger partial charge on any atom is -0.359 e. The van der Waals surface area contributed by atoms with Gasteiger partial charge in [-0.1, -0.05) is 18.2 Å². The van der Waals surface area contributed by atoms with E-state index in [9.17, 15) is 4.79 Å². The SMILES string of the molecule is C[C@@H]1CCc2ccccc2N1CC(=O)NCCC#N. The lowest BCUT2D eigenvalue weighted by Gasteiger charge is -2.36. The molecule has 0 saturated heterocycles. The highest BCUT2D eigenvalue weighted by Gasteiger charge is 2.24. The van der Waals surface area contributed by atoms with Crippen molar-refractivity contribution < 1.29 is 4.79 Å². The first-order chi connectivity index (χ1) is 9.22. The van der Waals surface area contributed by atoms with Crippen molar-refractivity contribution in [1.82, 2.24) is 5.32 Å². The van der Waals surface area contributed by atoms with Crippen LogP contribution in [0.25, 0.3) is 0 Å². The van der Waals surface area contributed by atoms with Gasteiger partial charge in [0.05, 0.1) is 19.0 Å². The van der Waals surface area contributed by atoms with Crippen LogP contribution >= 0.6 is 0 Å². The van der Waals surface area contributed by atoms with Crippen molar-refractivity contribution in [2.75, 3.05) is 18.0 Å². The number of rotatable bonds is 4. The smallest absolute Gasteiger partial charge is 0.239 e. The average molecular weight is 257 g/mol. The molecule has 0 aromatic heterocycles. The van der Waals surface area contributed by atoms with E-state index in [1.165, 1.54) is 5.56 Å². The number of aryl methyl sites for hydroxylation is 1. The molecular formula is C15H19N3O. The highest BCUT2D eigenvalue weighted by atomic mass is 16.2. The molecule has 0 unspecified atom stereocenters. The number of carbonyl (C=O) groups excluding carboxylic acids is 1. The zero-order valence-electron chi connectivity index (χ0n) is 11.2. The summed E-state index contributed by atoms with van der Waals surface area (Å²) in [6.07, 6.45) is 2.50. The fraction of sp³-hybridized carbons (Fsp3) is 0.467. The van der Waals surface area contributed by atoms with Crippen LogP contribution in [0.2, 0.25) is 0 Å². The lowest BCUT2D eigenvalue weighted by atomic mass is 9.97. The molecule has 0 saturated carbocycles. The minimum atomic E-state index is -0.0150. The first-order valence-electron chi connectivity index (χ1n) is 6.70. The van der Waals surface area contributed by atoms with Crippen LogP contribution in [0.1, 0.15) is 25.3 Å². The summed E-state index contributed by atoms with van der Waals surface area (Å²) in [5.41, 5.74) is 2.47. The summed E-state index contributed by atoms with van der Waals surface area (Å²) >= 11 is 0. The molecule has 0 spiro atoms. The standard InChI is InChI=1S/C15H19N3O/c1-12-7-8-13-5-2-3-6-14(13)18(12)11-15(19)17-10-4-9-16/h2-3,5-6,12H,4,7-8,10-11H2,1H3,(H,17,19)/t12-/m1/s1. The normalized spacial score (nSPS) is 17.5. The van der Waals surface area contributed by atoms with Gasteiger partial charge in [0.2, 0.25) is 5.91 Å². The summed E-state index contributed by atoms with van der Waals surface area (Å²) in [6.45, 7) is 2.95. The predicted molar refractivity (Wildman–Crippen MR) is 74.8 cm³/mol. The van der Waals surface area contributed by atoms with Gasteiger partial charge in [0.1, 0.15) is 0 Å². The summed E-state index contributed by atoms with van der Waals surface area (Å²) in [6, 6.07) is 10.7. The van der Waals surface area contributed by atoms with Gasteiger partial charge in [0.15, 0.2) is 0 Å². The molecule has 1 N–H and O–H groups in total. The summed E-state index contributed by atoms with van der Waals surface area (Å²) in [5.74, 6) is -0.0150. The third-order valence-electron chi connectivity index (χ3n) is 3.54. The van der Waals surface area contributed by atoms with E-state index in [1.807, 2.05) is 18.2 Å². The Balaban J connectivity index is 2.03. The van der Waals surface area contributed by atoms with Crippen molar-refractivity contribution in [3.63, 3.8) is 0 Å². The monoisotopic (exact) mass is 257 g/mol. The van der Waals surface area contributed by atoms with Gasteiger partial charge < -0.3 is 10.2 Å². The minimum absolute atomic E-state index is 0.0150. The van der Waals surface area contributed by atoms with Crippen LogP contribution in [0.5, 0.6) is 0 Å². The first-order valence-corrected chi connectivity index (χ1v) is 6.70. The molecule has 1 aromatic carbocycles. The maximum Gasteiger partial charge on any atom is 0.239 e. The molecule has 1 heterocycles. The van der Waals surface area contributed by atoms with Crippen LogP contribution < -0.4 is 10.2 Å². The molecule has 4 nitrogen and oxygen atoms in total. The highest BCUT2D eigenvalue weighted by molar-refractivity contribution is 5.82. The molecule has 0 aliphatic carbocycles. The van der Waals surface area contributed by atoms with E-state index in [1.54, 1.807) is 0 Å². The van der Waals surface area contributed by atoms with Crippen molar-refractivity contribution in [2.45, 2.75) is 32.2 Å². The number of carbonyl (C=O) groups is 1. The number of hydrogen-bond donors (Lipinski definition) is 1.